The Morgan fingerprint density at radius 1 is 1.31 bits per heavy atom. The molecule has 1 heterocycles. The molecule has 0 spiro atoms. The van der Waals surface area contributed by atoms with E-state index in [9.17, 15) is 0 Å². The molecule has 1 nitrogen and oxygen atoms in total. The second-order valence-corrected chi connectivity index (χ2v) is 5.13. The van der Waals surface area contributed by atoms with Gasteiger partial charge in [0, 0.05) is 6.04 Å². The van der Waals surface area contributed by atoms with Crippen molar-refractivity contribution in [3.05, 3.63) is 24.3 Å². The van der Waals surface area contributed by atoms with Crippen molar-refractivity contribution in [2.45, 2.75) is 39.2 Å². The third-order valence-electron chi connectivity index (χ3n) is 3.26. The van der Waals surface area contributed by atoms with Gasteiger partial charge >= 0.3 is 0 Å². The van der Waals surface area contributed by atoms with Gasteiger partial charge in [-0.2, -0.15) is 12.6 Å². The van der Waals surface area contributed by atoms with Gasteiger partial charge in [-0.25, -0.2) is 0 Å². The highest BCUT2D eigenvalue weighted by atomic mass is 32.1. The van der Waals surface area contributed by atoms with E-state index in [-0.39, 0.29) is 0 Å². The minimum Gasteiger partial charge on any atom is -0.300 e. The first kappa shape index (κ1) is 13.9. The van der Waals surface area contributed by atoms with Crippen LogP contribution in [0.2, 0.25) is 0 Å². The summed E-state index contributed by atoms with van der Waals surface area (Å²) in [7, 11) is 0. The topological polar surface area (TPSA) is 3.24 Å². The molecule has 0 saturated carbocycles. The van der Waals surface area contributed by atoms with Crippen molar-refractivity contribution in [3.8, 4) is 0 Å². The molecule has 2 unspecified atom stereocenters. The Labute approximate surface area is 106 Å². The summed E-state index contributed by atoms with van der Waals surface area (Å²) in [6.45, 7) is 6.96. The molecule has 2 heteroatoms. The van der Waals surface area contributed by atoms with Crippen LogP contribution in [-0.4, -0.2) is 29.8 Å². The van der Waals surface area contributed by atoms with E-state index in [2.05, 4.69) is 55.7 Å². The summed E-state index contributed by atoms with van der Waals surface area (Å²) in [5, 5.41) is 0. The minimum atomic E-state index is 0.668. The fourth-order valence-electron chi connectivity index (χ4n) is 2.18. The molecule has 1 rings (SSSR count). The molecule has 1 aliphatic heterocycles. The Bertz CT molecular complexity index is 231. The predicted molar refractivity (Wildman–Crippen MR) is 76.2 cm³/mol. The first-order valence-corrected chi connectivity index (χ1v) is 7.05. The molecule has 2 atom stereocenters. The summed E-state index contributed by atoms with van der Waals surface area (Å²) >= 11 is 4.37. The largest absolute Gasteiger partial charge is 0.300 e. The maximum absolute atomic E-state index is 4.37. The molecule has 16 heavy (non-hydrogen) atoms. The second-order valence-electron chi connectivity index (χ2n) is 4.68. The third kappa shape index (κ3) is 4.75. The van der Waals surface area contributed by atoms with Crippen LogP contribution in [0.15, 0.2) is 24.3 Å². The zero-order valence-corrected chi connectivity index (χ0v) is 11.5. The molecule has 0 radical (unpaired) electrons. The van der Waals surface area contributed by atoms with Crippen molar-refractivity contribution in [2.75, 3.05) is 18.8 Å². The summed E-state index contributed by atoms with van der Waals surface area (Å²) in [6.07, 6.45) is 12.5. The number of allylic oxidation sites excluding steroid dienone is 4. The summed E-state index contributed by atoms with van der Waals surface area (Å²) < 4.78 is 0. The fraction of sp³-hybridized carbons (Fsp3) is 0.714. The lowest BCUT2D eigenvalue weighted by molar-refractivity contribution is 0.103. The zero-order valence-electron chi connectivity index (χ0n) is 10.6. The molecule has 0 aliphatic carbocycles. The first-order valence-electron chi connectivity index (χ1n) is 6.42. The molecule has 0 aromatic carbocycles. The summed E-state index contributed by atoms with van der Waals surface area (Å²) in [4.78, 5) is 2.61. The Hall–Kier alpha value is -0.210. The van der Waals surface area contributed by atoms with E-state index in [0.29, 0.717) is 5.92 Å². The monoisotopic (exact) mass is 239 g/mol. The molecular weight excluding hydrogens is 214 g/mol. The van der Waals surface area contributed by atoms with Crippen molar-refractivity contribution < 1.29 is 0 Å². The van der Waals surface area contributed by atoms with Crippen LogP contribution in [0.5, 0.6) is 0 Å². The lowest BCUT2D eigenvalue weighted by Crippen LogP contribution is -2.45. The summed E-state index contributed by atoms with van der Waals surface area (Å²) in [5.41, 5.74) is 0. The molecular formula is C14H25NS. The number of thiol groups is 1. The summed E-state index contributed by atoms with van der Waals surface area (Å²) in [5.74, 6) is 1.67. The lowest BCUT2D eigenvalue weighted by atomic mass is 9.96. The van der Waals surface area contributed by atoms with Crippen molar-refractivity contribution in [2.24, 2.45) is 5.92 Å². The standard InChI is InChI=1S/C14H25NS/c1-3-4-5-7-13(2)12-14(8-11-16)15-9-6-10-15/h3-5,7,13-14,16H,6,8-12H2,1-2H3/b4-3-,7-5-. The van der Waals surface area contributed by atoms with E-state index >= 15 is 0 Å². The normalized spacial score (nSPS) is 21.4. The van der Waals surface area contributed by atoms with Crippen molar-refractivity contribution in [1.29, 1.82) is 0 Å². The van der Waals surface area contributed by atoms with Gasteiger partial charge in [-0.3, -0.25) is 0 Å². The number of hydrogen-bond acceptors (Lipinski definition) is 2. The fourth-order valence-corrected chi connectivity index (χ4v) is 2.48. The maximum atomic E-state index is 4.37. The molecule has 0 aromatic heterocycles. The van der Waals surface area contributed by atoms with Crippen LogP contribution in [0.1, 0.15) is 33.1 Å². The van der Waals surface area contributed by atoms with Crippen LogP contribution < -0.4 is 0 Å². The van der Waals surface area contributed by atoms with Crippen LogP contribution in [0.4, 0.5) is 0 Å². The smallest absolute Gasteiger partial charge is 0.0108 e. The number of rotatable bonds is 7. The molecule has 0 bridgehead atoms. The van der Waals surface area contributed by atoms with Crippen LogP contribution in [0, 0.1) is 5.92 Å². The lowest BCUT2D eigenvalue weighted by Gasteiger charge is -2.39. The highest BCUT2D eigenvalue weighted by molar-refractivity contribution is 7.80. The highest BCUT2D eigenvalue weighted by Gasteiger charge is 2.23. The molecule has 0 N–H and O–H groups in total. The SMILES string of the molecule is C/C=C\C=C/C(C)CC(CCS)N1CCC1. The minimum absolute atomic E-state index is 0.668. The molecule has 1 fully saturated rings. The van der Waals surface area contributed by atoms with E-state index in [0.717, 1.165) is 11.8 Å². The number of nitrogens with zero attached hydrogens (tertiary/aromatic N) is 1. The van der Waals surface area contributed by atoms with E-state index in [1.807, 2.05) is 0 Å². The van der Waals surface area contributed by atoms with Gasteiger partial charge in [-0.05, 0) is 50.9 Å². The van der Waals surface area contributed by atoms with Gasteiger partial charge < -0.3 is 4.90 Å². The van der Waals surface area contributed by atoms with Gasteiger partial charge in [0.1, 0.15) is 0 Å². The molecule has 0 aromatic rings. The Morgan fingerprint density at radius 3 is 2.56 bits per heavy atom. The molecule has 1 saturated heterocycles. The van der Waals surface area contributed by atoms with Crippen molar-refractivity contribution in [1.82, 2.24) is 4.90 Å². The van der Waals surface area contributed by atoms with Gasteiger partial charge in [0.05, 0.1) is 0 Å². The van der Waals surface area contributed by atoms with E-state index in [4.69, 9.17) is 0 Å². The average Bonchev–Trinajstić information content (AvgIpc) is 2.15. The molecule has 0 amide bonds. The van der Waals surface area contributed by atoms with E-state index in [1.165, 1.54) is 32.4 Å². The Morgan fingerprint density at radius 2 is 2.06 bits per heavy atom. The quantitative estimate of drug-likeness (QED) is 0.525. The van der Waals surface area contributed by atoms with E-state index in [1.54, 1.807) is 0 Å². The first-order chi connectivity index (χ1) is 7.77. The Balaban J connectivity index is 2.34. The van der Waals surface area contributed by atoms with Crippen LogP contribution >= 0.6 is 12.6 Å². The zero-order chi connectivity index (χ0) is 11.8. The average molecular weight is 239 g/mol. The number of hydrogen-bond donors (Lipinski definition) is 1. The second kappa shape index (κ2) is 7.97. The highest BCUT2D eigenvalue weighted by Crippen LogP contribution is 2.21. The van der Waals surface area contributed by atoms with Crippen LogP contribution in [-0.2, 0) is 0 Å². The summed E-state index contributed by atoms with van der Waals surface area (Å²) in [6, 6.07) is 0.747. The number of likely N-dealkylation sites (tertiary alicyclic amines) is 1. The Kier molecular flexibility index (Phi) is 6.90. The van der Waals surface area contributed by atoms with Gasteiger partial charge in [-0.15, -0.1) is 0 Å². The van der Waals surface area contributed by atoms with Gasteiger partial charge in [0.25, 0.3) is 0 Å². The van der Waals surface area contributed by atoms with Gasteiger partial charge in [0.15, 0.2) is 0 Å². The van der Waals surface area contributed by atoms with E-state index < -0.39 is 0 Å². The van der Waals surface area contributed by atoms with Crippen molar-refractivity contribution >= 4 is 12.6 Å². The third-order valence-corrected chi connectivity index (χ3v) is 3.51. The maximum Gasteiger partial charge on any atom is 0.0108 e. The molecule has 1 aliphatic rings. The van der Waals surface area contributed by atoms with Crippen LogP contribution in [0.3, 0.4) is 0 Å². The van der Waals surface area contributed by atoms with Crippen LogP contribution in [0.25, 0.3) is 0 Å². The van der Waals surface area contributed by atoms with Crippen molar-refractivity contribution in [3.63, 3.8) is 0 Å². The molecule has 92 valence electrons. The predicted octanol–water partition coefficient (Wildman–Crippen LogP) is 3.54. The van der Waals surface area contributed by atoms with Gasteiger partial charge in [0.2, 0.25) is 0 Å². The van der Waals surface area contributed by atoms with Gasteiger partial charge in [-0.1, -0.05) is 31.2 Å².